The molecule has 0 saturated carbocycles. The van der Waals surface area contributed by atoms with Gasteiger partial charge in [0, 0.05) is 5.69 Å². The fourth-order valence-corrected chi connectivity index (χ4v) is 3.88. The van der Waals surface area contributed by atoms with Crippen LogP contribution in [0.1, 0.15) is 22.8 Å². The number of hydrogen-bond acceptors (Lipinski definition) is 6. The number of esters is 1. The van der Waals surface area contributed by atoms with Gasteiger partial charge < -0.3 is 14.8 Å². The van der Waals surface area contributed by atoms with Crippen molar-refractivity contribution >= 4 is 33.3 Å². The second kappa shape index (κ2) is 8.12. The number of rotatable bonds is 5. The fraction of sp³-hybridized carbons (Fsp3) is 0.300. The molecule has 2 aromatic carbocycles. The number of ether oxygens (including phenoxy) is 2. The minimum absolute atomic E-state index is 0.154. The number of aryl methyl sites for hydroxylation is 1. The van der Waals surface area contributed by atoms with Gasteiger partial charge in [0.1, 0.15) is 5.75 Å². The van der Waals surface area contributed by atoms with E-state index in [1.54, 1.807) is 43.3 Å². The number of nitrogens with zero attached hydrogens (tertiary/aromatic N) is 1. The van der Waals surface area contributed by atoms with E-state index in [4.69, 9.17) is 9.47 Å². The summed E-state index contributed by atoms with van der Waals surface area (Å²) in [5.74, 6) is -0.705. The molecule has 2 aromatic rings. The van der Waals surface area contributed by atoms with Crippen LogP contribution in [0.2, 0.25) is 0 Å². The molecule has 1 amide bonds. The minimum atomic E-state index is -3.61. The second-order valence-corrected chi connectivity index (χ2v) is 8.57. The molecule has 3 rings (SSSR count). The van der Waals surface area contributed by atoms with E-state index >= 15 is 0 Å². The number of nitrogens with one attached hydrogen (secondary N) is 1. The maximum atomic E-state index is 12.7. The second-order valence-electron chi connectivity index (χ2n) is 6.66. The molecule has 0 aliphatic carbocycles. The van der Waals surface area contributed by atoms with Crippen molar-refractivity contribution in [2.45, 2.75) is 20.0 Å². The standard InChI is InChI=1S/C20H22N2O6S/c1-4-27-20(24)14-6-5-7-15(11-14)21-19(23)18-12-22(29(3,25)26)16-10-13(2)8-9-17(16)28-18/h5-11,18H,4,12H2,1-3H3,(H,21,23)/t18-/m1/s1. The molecule has 0 fully saturated rings. The maximum absolute atomic E-state index is 12.7. The Balaban J connectivity index is 1.82. The Hall–Kier alpha value is -3.07. The van der Waals surface area contributed by atoms with E-state index < -0.39 is 28.0 Å². The fourth-order valence-electron chi connectivity index (χ4n) is 2.97. The normalized spacial score (nSPS) is 15.8. The summed E-state index contributed by atoms with van der Waals surface area (Å²) in [5.41, 5.74) is 1.96. The largest absolute Gasteiger partial charge is 0.476 e. The zero-order valence-corrected chi connectivity index (χ0v) is 17.2. The molecule has 1 heterocycles. The van der Waals surface area contributed by atoms with Gasteiger partial charge in [-0.2, -0.15) is 0 Å². The highest BCUT2D eigenvalue weighted by Crippen LogP contribution is 2.36. The number of anilines is 2. The van der Waals surface area contributed by atoms with Crippen molar-refractivity contribution in [2.75, 3.05) is 29.0 Å². The zero-order valence-electron chi connectivity index (χ0n) is 16.3. The van der Waals surface area contributed by atoms with Crippen LogP contribution in [0, 0.1) is 6.92 Å². The highest BCUT2D eigenvalue weighted by atomic mass is 32.2. The first kappa shape index (κ1) is 20.7. The molecule has 0 radical (unpaired) electrons. The van der Waals surface area contributed by atoms with Gasteiger partial charge in [-0.3, -0.25) is 9.10 Å². The van der Waals surface area contributed by atoms with Gasteiger partial charge in [0.25, 0.3) is 5.91 Å². The first-order chi connectivity index (χ1) is 13.7. The molecule has 0 spiro atoms. The average molecular weight is 418 g/mol. The summed E-state index contributed by atoms with van der Waals surface area (Å²) in [4.78, 5) is 24.6. The van der Waals surface area contributed by atoms with E-state index in [-0.39, 0.29) is 13.2 Å². The van der Waals surface area contributed by atoms with Crippen molar-refractivity contribution in [1.29, 1.82) is 0 Å². The molecule has 29 heavy (non-hydrogen) atoms. The van der Waals surface area contributed by atoms with Crippen LogP contribution in [-0.2, 0) is 19.6 Å². The first-order valence-electron chi connectivity index (χ1n) is 9.02. The maximum Gasteiger partial charge on any atom is 0.338 e. The van der Waals surface area contributed by atoms with Gasteiger partial charge in [0.15, 0.2) is 6.10 Å². The molecule has 9 heteroatoms. The Labute approximate surface area is 169 Å². The molecule has 1 aliphatic heterocycles. The van der Waals surface area contributed by atoms with Gasteiger partial charge in [-0.15, -0.1) is 0 Å². The van der Waals surface area contributed by atoms with Gasteiger partial charge in [-0.25, -0.2) is 13.2 Å². The van der Waals surface area contributed by atoms with Crippen LogP contribution in [0.5, 0.6) is 5.75 Å². The summed E-state index contributed by atoms with van der Waals surface area (Å²) in [5, 5.41) is 2.67. The molecule has 0 bridgehead atoms. The van der Waals surface area contributed by atoms with Crippen LogP contribution in [0.25, 0.3) is 0 Å². The number of carbonyl (C=O) groups excluding carboxylic acids is 2. The quantitative estimate of drug-likeness (QED) is 0.748. The van der Waals surface area contributed by atoms with Crippen LogP contribution in [0.4, 0.5) is 11.4 Å². The van der Waals surface area contributed by atoms with E-state index in [0.29, 0.717) is 22.7 Å². The molecule has 154 valence electrons. The van der Waals surface area contributed by atoms with Crippen molar-refractivity contribution in [3.8, 4) is 5.75 Å². The number of hydrogen-bond donors (Lipinski definition) is 1. The van der Waals surface area contributed by atoms with E-state index in [9.17, 15) is 18.0 Å². The Kier molecular flexibility index (Phi) is 5.78. The van der Waals surface area contributed by atoms with Crippen LogP contribution < -0.4 is 14.4 Å². The molecular formula is C20H22N2O6S. The third-order valence-electron chi connectivity index (χ3n) is 4.32. The Morgan fingerprint density at radius 1 is 1.24 bits per heavy atom. The van der Waals surface area contributed by atoms with Gasteiger partial charge in [-0.1, -0.05) is 12.1 Å². The molecule has 8 nitrogen and oxygen atoms in total. The van der Waals surface area contributed by atoms with Crippen LogP contribution in [0.3, 0.4) is 0 Å². The van der Waals surface area contributed by atoms with Crippen molar-refractivity contribution in [3.63, 3.8) is 0 Å². The Morgan fingerprint density at radius 2 is 2.00 bits per heavy atom. The third kappa shape index (κ3) is 4.68. The van der Waals surface area contributed by atoms with Crippen molar-refractivity contribution in [3.05, 3.63) is 53.6 Å². The number of benzene rings is 2. The minimum Gasteiger partial charge on any atom is -0.476 e. The third-order valence-corrected chi connectivity index (χ3v) is 5.46. The van der Waals surface area contributed by atoms with Gasteiger partial charge >= 0.3 is 5.97 Å². The molecule has 1 aliphatic rings. The van der Waals surface area contributed by atoms with Crippen molar-refractivity contribution in [2.24, 2.45) is 0 Å². The lowest BCUT2D eigenvalue weighted by Gasteiger charge is -2.34. The molecule has 0 aromatic heterocycles. The molecule has 1 atom stereocenters. The SMILES string of the molecule is CCOC(=O)c1cccc(NC(=O)[C@H]2CN(S(C)(=O)=O)c3cc(C)ccc3O2)c1. The molecule has 0 saturated heterocycles. The van der Waals surface area contributed by atoms with E-state index in [2.05, 4.69) is 5.32 Å². The van der Waals surface area contributed by atoms with Crippen LogP contribution in [-0.4, -0.2) is 45.8 Å². The topological polar surface area (TPSA) is 102 Å². The molecular weight excluding hydrogens is 396 g/mol. The van der Waals surface area contributed by atoms with Crippen LogP contribution in [0.15, 0.2) is 42.5 Å². The lowest BCUT2D eigenvalue weighted by molar-refractivity contribution is -0.122. The van der Waals surface area contributed by atoms with E-state index in [1.807, 2.05) is 6.92 Å². The van der Waals surface area contributed by atoms with Crippen molar-refractivity contribution in [1.82, 2.24) is 0 Å². The Bertz CT molecular complexity index is 1050. The first-order valence-corrected chi connectivity index (χ1v) is 10.9. The van der Waals surface area contributed by atoms with E-state index in [0.717, 1.165) is 16.1 Å². The number of carbonyl (C=O) groups is 2. The van der Waals surface area contributed by atoms with Crippen LogP contribution >= 0.6 is 0 Å². The Morgan fingerprint density at radius 3 is 2.69 bits per heavy atom. The summed E-state index contributed by atoms with van der Waals surface area (Å²) in [7, 11) is -3.61. The predicted molar refractivity (Wildman–Crippen MR) is 109 cm³/mol. The van der Waals surface area contributed by atoms with Crippen molar-refractivity contribution < 1.29 is 27.5 Å². The smallest absolute Gasteiger partial charge is 0.338 e. The summed E-state index contributed by atoms with van der Waals surface area (Å²) in [6.07, 6.45) is 0.0357. The average Bonchev–Trinajstić information content (AvgIpc) is 2.66. The lowest BCUT2D eigenvalue weighted by Crippen LogP contribution is -2.48. The lowest BCUT2D eigenvalue weighted by atomic mass is 10.1. The number of sulfonamides is 1. The summed E-state index contributed by atoms with van der Waals surface area (Å²) < 4.78 is 36.4. The monoisotopic (exact) mass is 418 g/mol. The zero-order chi connectivity index (χ0) is 21.2. The molecule has 0 unspecified atom stereocenters. The van der Waals surface area contributed by atoms with Gasteiger partial charge in [0.05, 0.1) is 30.7 Å². The summed E-state index contributed by atoms with van der Waals surface area (Å²) >= 11 is 0. The van der Waals surface area contributed by atoms with Gasteiger partial charge in [-0.05, 0) is 49.7 Å². The number of amides is 1. The number of fused-ring (bicyclic) bond motifs is 1. The summed E-state index contributed by atoms with van der Waals surface area (Å²) in [6.45, 7) is 3.64. The van der Waals surface area contributed by atoms with Gasteiger partial charge in [0.2, 0.25) is 10.0 Å². The highest BCUT2D eigenvalue weighted by molar-refractivity contribution is 7.92. The predicted octanol–water partition coefficient (Wildman–Crippen LogP) is 2.34. The van der Waals surface area contributed by atoms with E-state index in [1.165, 1.54) is 6.07 Å². The molecule has 1 N–H and O–H groups in total. The summed E-state index contributed by atoms with van der Waals surface area (Å²) in [6, 6.07) is 11.4. The highest BCUT2D eigenvalue weighted by Gasteiger charge is 2.35.